The Labute approximate surface area is 232 Å². The van der Waals surface area contributed by atoms with Gasteiger partial charge < -0.3 is 10.0 Å². The average molecular weight is 608 g/mol. The van der Waals surface area contributed by atoms with Crippen LogP contribution in [0.1, 0.15) is 19.4 Å². The summed E-state index contributed by atoms with van der Waals surface area (Å²) in [5, 5.41) is 10.0. The highest BCUT2D eigenvalue weighted by molar-refractivity contribution is 7.91. The van der Waals surface area contributed by atoms with Crippen LogP contribution in [-0.4, -0.2) is 93.6 Å². The molecule has 0 bridgehead atoms. The molecule has 14 heteroatoms. The van der Waals surface area contributed by atoms with Gasteiger partial charge in [0.15, 0.2) is 15.4 Å². The fourth-order valence-corrected chi connectivity index (χ4v) is 8.75. The van der Waals surface area contributed by atoms with Crippen molar-refractivity contribution in [2.75, 3.05) is 49.1 Å². The van der Waals surface area contributed by atoms with Crippen molar-refractivity contribution in [3.63, 3.8) is 0 Å². The number of benzene rings is 2. The van der Waals surface area contributed by atoms with Crippen LogP contribution in [0.4, 0.5) is 18.9 Å². The zero-order valence-electron chi connectivity index (χ0n) is 21.5. The van der Waals surface area contributed by atoms with Crippen molar-refractivity contribution < 1.29 is 35.1 Å². The molecule has 2 heterocycles. The highest BCUT2D eigenvalue weighted by Gasteiger charge is 2.51. The molecule has 0 spiro atoms. The number of hydrogen-bond acceptors (Lipinski definition) is 8. The van der Waals surface area contributed by atoms with Gasteiger partial charge in [-0.3, -0.25) is 4.90 Å². The number of alkyl halides is 3. The molecule has 2 aliphatic heterocycles. The van der Waals surface area contributed by atoms with E-state index in [0.717, 1.165) is 0 Å². The van der Waals surface area contributed by atoms with Crippen LogP contribution in [0.3, 0.4) is 0 Å². The van der Waals surface area contributed by atoms with E-state index in [-0.39, 0.29) is 47.6 Å². The van der Waals surface area contributed by atoms with Crippen LogP contribution in [-0.2, 0) is 25.5 Å². The molecule has 2 aromatic rings. The summed E-state index contributed by atoms with van der Waals surface area (Å²) in [6.45, 7) is 3.63. The molecule has 1 N–H and O–H groups in total. The van der Waals surface area contributed by atoms with Gasteiger partial charge in [-0.05, 0) is 43.7 Å². The monoisotopic (exact) mass is 607 g/mol. The summed E-state index contributed by atoms with van der Waals surface area (Å²) < 4.78 is 92.6. The SMILES string of the molecule is C[C@@H]1CS(=O)(=O)CCN1C[C@H]1CN(S(=O)(=O)c2ccccc2S)CCN1c1ccc([C@@](C)(O)C(F)(F)F)cc1. The molecule has 216 valence electrons. The van der Waals surface area contributed by atoms with Crippen molar-refractivity contribution in [3.8, 4) is 0 Å². The maximum absolute atomic E-state index is 13.5. The zero-order chi connectivity index (χ0) is 28.8. The Balaban J connectivity index is 1.64. The lowest BCUT2D eigenvalue weighted by Crippen LogP contribution is -2.60. The van der Waals surface area contributed by atoms with Gasteiger partial charge in [0, 0.05) is 49.3 Å². The highest BCUT2D eigenvalue weighted by Crippen LogP contribution is 2.39. The smallest absolute Gasteiger partial charge is 0.376 e. The molecule has 2 fully saturated rings. The second-order valence-corrected chi connectivity index (χ2v) is 14.9. The minimum atomic E-state index is -4.86. The molecule has 0 saturated carbocycles. The second-order valence-electron chi connectivity index (χ2n) is 10.3. The third kappa shape index (κ3) is 6.25. The van der Waals surface area contributed by atoms with Crippen molar-refractivity contribution in [2.24, 2.45) is 0 Å². The van der Waals surface area contributed by atoms with Gasteiger partial charge in [-0.15, -0.1) is 12.6 Å². The first-order chi connectivity index (χ1) is 18.0. The number of sulfonamides is 1. The highest BCUT2D eigenvalue weighted by atomic mass is 32.2. The molecule has 3 atom stereocenters. The maximum atomic E-state index is 13.5. The quantitative estimate of drug-likeness (QED) is 0.488. The van der Waals surface area contributed by atoms with Gasteiger partial charge in [-0.1, -0.05) is 24.3 Å². The maximum Gasteiger partial charge on any atom is 0.421 e. The number of thiol groups is 1. The van der Waals surface area contributed by atoms with E-state index >= 15 is 0 Å². The molecule has 4 rings (SSSR count). The van der Waals surface area contributed by atoms with E-state index in [1.54, 1.807) is 18.2 Å². The summed E-state index contributed by atoms with van der Waals surface area (Å²) in [6, 6.07) is 11.1. The summed E-state index contributed by atoms with van der Waals surface area (Å²) >= 11 is 4.31. The number of piperazine rings is 1. The van der Waals surface area contributed by atoms with Gasteiger partial charge in [0.2, 0.25) is 10.0 Å². The van der Waals surface area contributed by atoms with E-state index in [9.17, 15) is 35.1 Å². The molecule has 0 radical (unpaired) electrons. The minimum Gasteiger partial charge on any atom is -0.376 e. The van der Waals surface area contributed by atoms with Gasteiger partial charge in [0.1, 0.15) is 0 Å². The van der Waals surface area contributed by atoms with Crippen LogP contribution >= 0.6 is 12.6 Å². The minimum absolute atomic E-state index is 0.000321. The van der Waals surface area contributed by atoms with Crippen LogP contribution in [0.5, 0.6) is 0 Å². The fourth-order valence-electron chi connectivity index (χ4n) is 5.07. The van der Waals surface area contributed by atoms with Crippen LogP contribution in [0.25, 0.3) is 0 Å². The largest absolute Gasteiger partial charge is 0.421 e. The summed E-state index contributed by atoms with van der Waals surface area (Å²) in [5.41, 5.74) is -2.76. The van der Waals surface area contributed by atoms with Gasteiger partial charge >= 0.3 is 6.18 Å². The lowest BCUT2D eigenvalue weighted by molar-refractivity contribution is -0.258. The first-order valence-corrected chi connectivity index (χ1v) is 16.1. The lowest BCUT2D eigenvalue weighted by Gasteiger charge is -2.45. The number of sulfone groups is 1. The van der Waals surface area contributed by atoms with Crippen LogP contribution < -0.4 is 4.90 Å². The predicted octanol–water partition coefficient (Wildman–Crippen LogP) is 2.74. The average Bonchev–Trinajstić information content (AvgIpc) is 2.85. The van der Waals surface area contributed by atoms with Crippen molar-refractivity contribution in [3.05, 3.63) is 54.1 Å². The Kier molecular flexibility index (Phi) is 8.39. The predicted molar refractivity (Wildman–Crippen MR) is 145 cm³/mol. The molecule has 2 aliphatic rings. The molecule has 0 amide bonds. The lowest BCUT2D eigenvalue weighted by atomic mass is 9.95. The van der Waals surface area contributed by atoms with Crippen molar-refractivity contribution in [1.82, 2.24) is 9.21 Å². The van der Waals surface area contributed by atoms with Gasteiger partial charge in [-0.2, -0.15) is 17.5 Å². The van der Waals surface area contributed by atoms with E-state index in [0.29, 0.717) is 30.6 Å². The van der Waals surface area contributed by atoms with E-state index in [2.05, 4.69) is 12.6 Å². The first-order valence-electron chi connectivity index (χ1n) is 12.4. The summed E-state index contributed by atoms with van der Waals surface area (Å²) in [5.74, 6) is -0.00366. The fraction of sp³-hybridized carbons (Fsp3) is 0.520. The van der Waals surface area contributed by atoms with Crippen molar-refractivity contribution >= 4 is 38.2 Å². The first kappa shape index (κ1) is 30.1. The van der Waals surface area contributed by atoms with Crippen molar-refractivity contribution in [2.45, 2.75) is 47.5 Å². The Bertz CT molecular complexity index is 1400. The van der Waals surface area contributed by atoms with Crippen LogP contribution in [0.2, 0.25) is 0 Å². The third-order valence-electron chi connectivity index (χ3n) is 7.49. The number of nitrogens with zero attached hydrogens (tertiary/aromatic N) is 3. The summed E-state index contributed by atoms with van der Waals surface area (Å²) in [7, 11) is -7.05. The van der Waals surface area contributed by atoms with Crippen LogP contribution in [0, 0.1) is 0 Å². The molecule has 0 aromatic heterocycles. The normalized spacial score (nSPS) is 24.8. The van der Waals surface area contributed by atoms with E-state index in [1.807, 2.05) is 16.7 Å². The molecular formula is C25H32F3N3O5S3. The molecule has 2 aromatic carbocycles. The Morgan fingerprint density at radius 1 is 1.05 bits per heavy atom. The van der Waals surface area contributed by atoms with E-state index in [1.165, 1.54) is 34.6 Å². The zero-order valence-corrected chi connectivity index (χ0v) is 24.1. The molecule has 0 aliphatic carbocycles. The number of hydrogen-bond donors (Lipinski definition) is 2. The topological polar surface area (TPSA) is 98.2 Å². The Hall–Kier alpha value is -1.84. The van der Waals surface area contributed by atoms with Crippen LogP contribution in [0.15, 0.2) is 58.3 Å². The molecule has 8 nitrogen and oxygen atoms in total. The number of aliphatic hydroxyl groups is 1. The summed E-state index contributed by atoms with van der Waals surface area (Å²) in [4.78, 5) is 4.33. The number of halogens is 3. The van der Waals surface area contributed by atoms with Gasteiger partial charge in [0.05, 0.1) is 22.4 Å². The van der Waals surface area contributed by atoms with Crippen molar-refractivity contribution in [1.29, 1.82) is 0 Å². The standard InChI is InChI=1S/C25H32F3N3O5S3/c1-18-17-38(33,34)14-13-29(18)15-21-16-30(39(35,36)23-6-4-3-5-22(23)37)11-12-31(21)20-9-7-19(8-10-20)24(2,32)25(26,27)28/h3-10,18,21,32,37H,11-17H2,1-2H3/t18-,21+,24-/m1/s1. The molecule has 39 heavy (non-hydrogen) atoms. The Morgan fingerprint density at radius 3 is 2.28 bits per heavy atom. The molecular weight excluding hydrogens is 575 g/mol. The molecule has 2 saturated heterocycles. The summed E-state index contributed by atoms with van der Waals surface area (Å²) in [6.07, 6.45) is -4.86. The Morgan fingerprint density at radius 2 is 1.69 bits per heavy atom. The third-order valence-corrected chi connectivity index (χ3v) is 11.8. The van der Waals surface area contributed by atoms with Gasteiger partial charge in [-0.25, -0.2) is 16.8 Å². The second kappa shape index (κ2) is 10.9. The van der Waals surface area contributed by atoms with Gasteiger partial charge in [0.25, 0.3) is 0 Å². The molecule has 0 unspecified atom stereocenters. The number of rotatable bonds is 6. The van der Waals surface area contributed by atoms with E-state index in [4.69, 9.17) is 0 Å². The van der Waals surface area contributed by atoms with E-state index < -0.39 is 37.7 Å². The number of anilines is 1.